The highest BCUT2D eigenvalue weighted by Crippen LogP contribution is 2.41. The van der Waals surface area contributed by atoms with Gasteiger partial charge in [-0.1, -0.05) is 63.8 Å². The minimum atomic E-state index is 0.156. The van der Waals surface area contributed by atoms with Crippen LogP contribution in [-0.4, -0.2) is 0 Å². The average molecular weight is 234 g/mol. The Hall–Kier alpha value is -0.520. The Morgan fingerprint density at radius 1 is 1.06 bits per heavy atom. The predicted octanol–water partition coefficient (Wildman–Crippen LogP) is 5.75. The summed E-state index contributed by atoms with van der Waals surface area (Å²) in [6, 6.07) is 0. The van der Waals surface area contributed by atoms with Gasteiger partial charge in [0, 0.05) is 5.41 Å². The Balaban J connectivity index is 2.48. The molecule has 0 N–H and O–H groups in total. The van der Waals surface area contributed by atoms with Crippen LogP contribution in [0.3, 0.4) is 0 Å². The van der Waals surface area contributed by atoms with Crippen LogP contribution in [0.4, 0.5) is 0 Å². The molecule has 1 aliphatic rings. The van der Waals surface area contributed by atoms with Gasteiger partial charge in [-0.2, -0.15) is 0 Å². The van der Waals surface area contributed by atoms with Crippen molar-refractivity contribution in [1.82, 2.24) is 0 Å². The monoisotopic (exact) mass is 234 g/mol. The molecule has 0 nitrogen and oxygen atoms in total. The van der Waals surface area contributed by atoms with Crippen LogP contribution >= 0.6 is 0 Å². The second-order valence-electron chi connectivity index (χ2n) is 6.56. The largest absolute Gasteiger partial charge is 0.0993 e. The lowest BCUT2D eigenvalue weighted by molar-refractivity contribution is 0.253. The maximum Gasteiger partial charge on any atom is 0.00814 e. The molecule has 1 saturated carbocycles. The summed E-state index contributed by atoms with van der Waals surface area (Å²) in [7, 11) is 0. The maximum atomic E-state index is 4.16. The van der Waals surface area contributed by atoms with E-state index in [-0.39, 0.29) is 5.41 Å². The predicted molar refractivity (Wildman–Crippen MR) is 78.1 cm³/mol. The van der Waals surface area contributed by atoms with E-state index in [1.54, 1.807) is 0 Å². The summed E-state index contributed by atoms with van der Waals surface area (Å²) < 4.78 is 0. The summed E-state index contributed by atoms with van der Waals surface area (Å²) in [5.74, 6) is 1.91. The van der Waals surface area contributed by atoms with E-state index in [9.17, 15) is 0 Å². The maximum absolute atomic E-state index is 4.16. The van der Waals surface area contributed by atoms with Gasteiger partial charge < -0.3 is 0 Å². The van der Waals surface area contributed by atoms with Crippen molar-refractivity contribution in [2.45, 2.75) is 66.2 Å². The molecule has 17 heavy (non-hydrogen) atoms. The van der Waals surface area contributed by atoms with Crippen molar-refractivity contribution in [3.05, 3.63) is 24.3 Å². The Morgan fingerprint density at radius 2 is 1.53 bits per heavy atom. The number of hydrogen-bond acceptors (Lipinski definition) is 0. The molecule has 0 radical (unpaired) electrons. The molecular formula is C17H30. The van der Waals surface area contributed by atoms with Crippen LogP contribution in [0.2, 0.25) is 0 Å². The lowest BCUT2D eigenvalue weighted by atomic mass is 9.71. The zero-order chi connectivity index (χ0) is 13.1. The van der Waals surface area contributed by atoms with Crippen molar-refractivity contribution in [3.8, 4) is 0 Å². The normalized spacial score (nSPS) is 25.6. The molecule has 1 fully saturated rings. The summed E-state index contributed by atoms with van der Waals surface area (Å²) in [4.78, 5) is 0. The molecule has 0 saturated heterocycles. The Morgan fingerprint density at radius 3 is 1.94 bits per heavy atom. The van der Waals surface area contributed by atoms with Gasteiger partial charge in [-0.05, 0) is 38.5 Å². The molecule has 0 amide bonds. The van der Waals surface area contributed by atoms with E-state index >= 15 is 0 Å². The minimum Gasteiger partial charge on any atom is -0.0993 e. The van der Waals surface area contributed by atoms with Gasteiger partial charge in [-0.3, -0.25) is 0 Å². The molecule has 0 unspecified atom stereocenters. The molecule has 1 aliphatic carbocycles. The van der Waals surface area contributed by atoms with Crippen LogP contribution in [0.1, 0.15) is 66.2 Å². The lowest BCUT2D eigenvalue weighted by Crippen LogP contribution is -2.21. The third-order valence-electron chi connectivity index (χ3n) is 5.07. The van der Waals surface area contributed by atoms with Crippen molar-refractivity contribution < 1.29 is 0 Å². The van der Waals surface area contributed by atoms with E-state index in [1.807, 2.05) is 0 Å². The van der Waals surface area contributed by atoms with Crippen molar-refractivity contribution >= 4 is 0 Å². The van der Waals surface area contributed by atoms with Gasteiger partial charge >= 0.3 is 0 Å². The second-order valence-corrected chi connectivity index (χ2v) is 6.56. The van der Waals surface area contributed by atoms with Crippen LogP contribution in [0.15, 0.2) is 24.3 Å². The van der Waals surface area contributed by atoms with Crippen molar-refractivity contribution in [2.75, 3.05) is 0 Å². The highest BCUT2D eigenvalue weighted by Gasteiger charge is 2.28. The first kappa shape index (κ1) is 14.5. The third-order valence-corrected chi connectivity index (χ3v) is 5.07. The van der Waals surface area contributed by atoms with E-state index < -0.39 is 0 Å². The molecule has 0 aromatic carbocycles. The van der Waals surface area contributed by atoms with E-state index in [0.29, 0.717) is 0 Å². The smallest absolute Gasteiger partial charge is 0.00814 e. The van der Waals surface area contributed by atoms with Crippen molar-refractivity contribution in [1.29, 1.82) is 0 Å². The highest BCUT2D eigenvalue weighted by molar-refractivity contribution is 5.21. The van der Waals surface area contributed by atoms with Crippen molar-refractivity contribution in [2.24, 2.45) is 17.3 Å². The first-order valence-corrected chi connectivity index (χ1v) is 7.18. The molecule has 0 spiro atoms. The standard InChI is InChI=1S/C17H30/c1-13(2)17(6,14(3)4)12-11-16-9-7-15(5)8-10-16/h15-16H,1,3,7-12H2,2,4-6H3. The summed E-state index contributed by atoms with van der Waals surface area (Å²) in [5, 5.41) is 0. The summed E-state index contributed by atoms with van der Waals surface area (Å²) in [6.07, 6.45) is 8.32. The summed E-state index contributed by atoms with van der Waals surface area (Å²) in [6.45, 7) is 17.3. The van der Waals surface area contributed by atoms with Crippen molar-refractivity contribution in [3.63, 3.8) is 0 Å². The Labute approximate surface area is 108 Å². The molecule has 0 bridgehead atoms. The van der Waals surface area contributed by atoms with E-state index in [2.05, 4.69) is 40.9 Å². The fraction of sp³-hybridized carbons (Fsp3) is 0.765. The topological polar surface area (TPSA) is 0 Å². The van der Waals surface area contributed by atoms with Gasteiger partial charge in [-0.15, -0.1) is 0 Å². The molecule has 0 aliphatic heterocycles. The van der Waals surface area contributed by atoms with E-state index in [0.717, 1.165) is 11.8 Å². The van der Waals surface area contributed by atoms with Crippen LogP contribution in [0, 0.1) is 17.3 Å². The van der Waals surface area contributed by atoms with Gasteiger partial charge in [0.15, 0.2) is 0 Å². The SMILES string of the molecule is C=C(C)C(C)(CCC1CCC(C)CC1)C(=C)C. The molecule has 0 heteroatoms. The Bertz CT molecular complexity index is 262. The quantitative estimate of drug-likeness (QED) is 0.531. The first-order valence-electron chi connectivity index (χ1n) is 7.18. The molecular weight excluding hydrogens is 204 g/mol. The first-order chi connectivity index (χ1) is 7.86. The highest BCUT2D eigenvalue weighted by atomic mass is 14.3. The van der Waals surface area contributed by atoms with Crippen LogP contribution in [0.25, 0.3) is 0 Å². The van der Waals surface area contributed by atoms with Gasteiger partial charge in [0.2, 0.25) is 0 Å². The van der Waals surface area contributed by atoms with Crippen LogP contribution < -0.4 is 0 Å². The Kier molecular flexibility index (Phi) is 5.04. The summed E-state index contributed by atoms with van der Waals surface area (Å²) in [5.41, 5.74) is 2.70. The van der Waals surface area contributed by atoms with Gasteiger partial charge in [0.1, 0.15) is 0 Å². The zero-order valence-electron chi connectivity index (χ0n) is 12.3. The third kappa shape index (κ3) is 3.72. The van der Waals surface area contributed by atoms with E-state index in [1.165, 1.54) is 49.7 Å². The van der Waals surface area contributed by atoms with E-state index in [4.69, 9.17) is 0 Å². The lowest BCUT2D eigenvalue weighted by Gasteiger charge is -2.34. The fourth-order valence-corrected chi connectivity index (χ4v) is 2.90. The number of hydrogen-bond donors (Lipinski definition) is 0. The molecule has 1 rings (SSSR count). The summed E-state index contributed by atoms with van der Waals surface area (Å²) >= 11 is 0. The number of rotatable bonds is 5. The van der Waals surface area contributed by atoms with Gasteiger partial charge in [-0.25, -0.2) is 0 Å². The van der Waals surface area contributed by atoms with Crippen LogP contribution in [-0.2, 0) is 0 Å². The molecule has 0 heterocycles. The molecule has 0 atom stereocenters. The van der Waals surface area contributed by atoms with Crippen LogP contribution in [0.5, 0.6) is 0 Å². The minimum absolute atomic E-state index is 0.156. The average Bonchev–Trinajstić information content (AvgIpc) is 2.27. The molecule has 98 valence electrons. The second kappa shape index (κ2) is 5.89. The zero-order valence-corrected chi connectivity index (χ0v) is 12.3. The van der Waals surface area contributed by atoms with Gasteiger partial charge in [0.05, 0.1) is 0 Å². The fourth-order valence-electron chi connectivity index (χ4n) is 2.90. The number of allylic oxidation sites excluding steroid dienone is 2. The molecule has 0 aromatic heterocycles. The molecule has 0 aromatic rings. The van der Waals surface area contributed by atoms with Gasteiger partial charge in [0.25, 0.3) is 0 Å².